The van der Waals surface area contributed by atoms with Gasteiger partial charge < -0.3 is 9.47 Å². The number of thioether (sulfide) groups is 1. The van der Waals surface area contributed by atoms with Crippen molar-refractivity contribution in [2.45, 2.75) is 16.9 Å². The molecule has 20 heavy (non-hydrogen) atoms. The number of para-hydroxylation sites is 1. The van der Waals surface area contributed by atoms with Gasteiger partial charge in [-0.25, -0.2) is 4.68 Å². The highest BCUT2D eigenvalue weighted by atomic mass is 32.2. The van der Waals surface area contributed by atoms with Crippen LogP contribution in [0.15, 0.2) is 34.7 Å². The molecule has 0 bridgehead atoms. The predicted molar refractivity (Wildman–Crippen MR) is 83.3 cm³/mol. The zero-order valence-electron chi connectivity index (χ0n) is 10.7. The molecule has 1 atom stereocenters. The first-order chi connectivity index (χ1) is 9.83. The minimum atomic E-state index is 0.247. The van der Waals surface area contributed by atoms with Crippen molar-refractivity contribution in [3.05, 3.63) is 34.3 Å². The predicted octanol–water partition coefficient (Wildman–Crippen LogP) is 3.52. The van der Waals surface area contributed by atoms with Crippen LogP contribution in [0.2, 0.25) is 0 Å². The highest BCUT2D eigenvalue weighted by Gasteiger charge is 2.15. The second-order valence-corrected chi connectivity index (χ2v) is 7.19. The van der Waals surface area contributed by atoms with Crippen LogP contribution >= 0.6 is 35.3 Å². The zero-order chi connectivity index (χ0) is 13.8. The number of aromatic nitrogens is 2. The molecule has 0 spiro atoms. The Labute approximate surface area is 130 Å². The summed E-state index contributed by atoms with van der Waals surface area (Å²) in [5.41, 5.74) is 1.00. The van der Waals surface area contributed by atoms with Gasteiger partial charge in [-0.2, -0.15) is 0 Å². The van der Waals surface area contributed by atoms with E-state index in [1.54, 1.807) is 23.1 Å². The van der Waals surface area contributed by atoms with E-state index in [1.165, 1.54) is 0 Å². The van der Waals surface area contributed by atoms with Gasteiger partial charge in [0.05, 0.1) is 18.4 Å². The second-order valence-electron chi connectivity index (χ2n) is 4.30. The van der Waals surface area contributed by atoms with Gasteiger partial charge in [0.15, 0.2) is 8.29 Å². The molecule has 3 rings (SSSR count). The summed E-state index contributed by atoms with van der Waals surface area (Å²) >= 11 is 8.62. The second kappa shape index (κ2) is 6.82. The maximum atomic E-state index is 5.52. The molecule has 1 fully saturated rings. The first-order valence-corrected chi connectivity index (χ1v) is 8.52. The lowest BCUT2D eigenvalue weighted by atomic mass is 10.3. The summed E-state index contributed by atoms with van der Waals surface area (Å²) in [6, 6.07) is 9.97. The Morgan fingerprint density at radius 1 is 1.40 bits per heavy atom. The maximum Gasteiger partial charge on any atom is 0.184 e. The van der Waals surface area contributed by atoms with E-state index in [-0.39, 0.29) is 6.10 Å². The van der Waals surface area contributed by atoms with Gasteiger partial charge >= 0.3 is 0 Å². The SMILES string of the molecule is S=c1sc(SC[C@H]2CCOCO2)nn1-c1ccccc1. The van der Waals surface area contributed by atoms with Gasteiger partial charge in [-0.15, -0.1) is 5.10 Å². The van der Waals surface area contributed by atoms with Crippen molar-refractivity contribution < 1.29 is 9.47 Å². The number of hydrogen-bond donors (Lipinski definition) is 0. The van der Waals surface area contributed by atoms with Crippen LogP contribution in [0.4, 0.5) is 0 Å². The molecule has 2 aromatic rings. The Balaban J connectivity index is 1.68. The van der Waals surface area contributed by atoms with E-state index in [2.05, 4.69) is 5.10 Å². The Morgan fingerprint density at radius 2 is 2.25 bits per heavy atom. The largest absolute Gasteiger partial charge is 0.355 e. The molecule has 106 valence electrons. The van der Waals surface area contributed by atoms with Crippen LogP contribution in [-0.4, -0.2) is 35.0 Å². The summed E-state index contributed by atoms with van der Waals surface area (Å²) in [5, 5.41) is 4.57. The number of rotatable bonds is 4. The van der Waals surface area contributed by atoms with E-state index < -0.39 is 0 Å². The number of benzene rings is 1. The summed E-state index contributed by atoms with van der Waals surface area (Å²) in [7, 11) is 0. The smallest absolute Gasteiger partial charge is 0.184 e. The van der Waals surface area contributed by atoms with Crippen molar-refractivity contribution in [3.8, 4) is 5.69 Å². The summed E-state index contributed by atoms with van der Waals surface area (Å²) in [6.45, 7) is 1.18. The van der Waals surface area contributed by atoms with Gasteiger partial charge in [0.25, 0.3) is 0 Å². The van der Waals surface area contributed by atoms with E-state index in [1.807, 2.05) is 35.0 Å². The monoisotopic (exact) mass is 326 g/mol. The fourth-order valence-corrected chi connectivity index (χ4v) is 4.30. The molecule has 1 saturated heterocycles. The molecule has 0 saturated carbocycles. The summed E-state index contributed by atoms with van der Waals surface area (Å²) < 4.78 is 14.3. The first-order valence-electron chi connectivity index (χ1n) is 6.30. The fourth-order valence-electron chi connectivity index (χ4n) is 1.85. The minimum Gasteiger partial charge on any atom is -0.355 e. The number of hydrogen-bond acceptors (Lipinski definition) is 6. The van der Waals surface area contributed by atoms with Gasteiger partial charge in [-0.1, -0.05) is 41.3 Å². The summed E-state index contributed by atoms with van der Waals surface area (Å²) in [5.74, 6) is 0.889. The minimum absolute atomic E-state index is 0.247. The third kappa shape index (κ3) is 3.48. The van der Waals surface area contributed by atoms with E-state index in [0.29, 0.717) is 6.79 Å². The van der Waals surface area contributed by atoms with Crippen LogP contribution in [0, 0.1) is 3.95 Å². The number of nitrogens with zero attached hydrogens (tertiary/aromatic N) is 2. The lowest BCUT2D eigenvalue weighted by molar-refractivity contribution is -0.130. The molecule has 1 aromatic carbocycles. The third-order valence-electron chi connectivity index (χ3n) is 2.89. The van der Waals surface area contributed by atoms with Crippen LogP contribution in [-0.2, 0) is 9.47 Å². The average Bonchev–Trinajstić information content (AvgIpc) is 2.88. The molecule has 0 amide bonds. The Kier molecular flexibility index (Phi) is 4.85. The molecule has 0 radical (unpaired) electrons. The molecule has 1 aromatic heterocycles. The van der Waals surface area contributed by atoms with Gasteiger partial charge in [0, 0.05) is 5.75 Å². The van der Waals surface area contributed by atoms with Gasteiger partial charge in [-0.05, 0) is 30.8 Å². The van der Waals surface area contributed by atoms with E-state index >= 15 is 0 Å². The molecule has 2 heterocycles. The summed E-state index contributed by atoms with van der Waals surface area (Å²) in [6.07, 6.45) is 1.19. The van der Waals surface area contributed by atoms with Crippen LogP contribution in [0.1, 0.15) is 6.42 Å². The molecular formula is C13H14N2O2S3. The molecule has 4 nitrogen and oxygen atoms in total. The molecule has 1 aliphatic heterocycles. The van der Waals surface area contributed by atoms with Crippen molar-refractivity contribution in [3.63, 3.8) is 0 Å². The molecule has 0 aliphatic carbocycles. The van der Waals surface area contributed by atoms with Crippen molar-refractivity contribution >= 4 is 35.3 Å². The van der Waals surface area contributed by atoms with Gasteiger partial charge in [0.2, 0.25) is 0 Å². The maximum absolute atomic E-state index is 5.52. The summed E-state index contributed by atoms with van der Waals surface area (Å²) in [4.78, 5) is 0. The van der Waals surface area contributed by atoms with Gasteiger partial charge in [-0.3, -0.25) is 0 Å². The average molecular weight is 326 g/mol. The normalized spacial score (nSPS) is 19.1. The first kappa shape index (κ1) is 14.2. The van der Waals surface area contributed by atoms with E-state index in [4.69, 9.17) is 21.7 Å². The Morgan fingerprint density at radius 3 is 3.00 bits per heavy atom. The van der Waals surface area contributed by atoms with Crippen molar-refractivity contribution in [2.24, 2.45) is 0 Å². The van der Waals surface area contributed by atoms with Crippen LogP contribution in [0.5, 0.6) is 0 Å². The van der Waals surface area contributed by atoms with Crippen LogP contribution in [0.3, 0.4) is 0 Å². The lowest BCUT2D eigenvalue weighted by Gasteiger charge is -2.21. The van der Waals surface area contributed by atoms with Crippen LogP contribution < -0.4 is 0 Å². The van der Waals surface area contributed by atoms with Crippen molar-refractivity contribution in [1.29, 1.82) is 0 Å². The van der Waals surface area contributed by atoms with Crippen molar-refractivity contribution in [1.82, 2.24) is 9.78 Å². The quantitative estimate of drug-likeness (QED) is 0.635. The highest BCUT2D eigenvalue weighted by molar-refractivity contribution is 8.01. The topological polar surface area (TPSA) is 36.3 Å². The molecule has 7 heteroatoms. The zero-order valence-corrected chi connectivity index (χ0v) is 13.2. The highest BCUT2D eigenvalue weighted by Crippen LogP contribution is 2.26. The lowest BCUT2D eigenvalue weighted by Crippen LogP contribution is -2.25. The van der Waals surface area contributed by atoms with E-state index in [9.17, 15) is 0 Å². The number of ether oxygens (including phenoxy) is 2. The Hall–Kier alpha value is -0.730. The van der Waals surface area contributed by atoms with E-state index in [0.717, 1.165) is 32.8 Å². The Bertz CT molecular complexity index is 606. The molecule has 1 aliphatic rings. The van der Waals surface area contributed by atoms with Gasteiger partial charge in [0.1, 0.15) is 6.79 Å². The molecule has 0 N–H and O–H groups in total. The molecule has 0 unspecified atom stereocenters. The van der Waals surface area contributed by atoms with Crippen LogP contribution in [0.25, 0.3) is 5.69 Å². The van der Waals surface area contributed by atoms with Crippen molar-refractivity contribution in [2.75, 3.05) is 19.2 Å². The standard InChI is InChI=1S/C13H14N2O2S3/c18-13-15(10-4-2-1-3-5-10)14-12(20-13)19-8-11-6-7-16-9-17-11/h1-5,11H,6-9H2/t11-/m1/s1. The molecular weight excluding hydrogens is 312 g/mol. The third-order valence-corrected chi connectivity index (χ3v) is 5.39. The fraction of sp³-hybridized carbons (Fsp3) is 0.385.